The van der Waals surface area contributed by atoms with Crippen molar-refractivity contribution in [2.45, 2.75) is 20.8 Å². The highest BCUT2D eigenvalue weighted by Gasteiger charge is 2.05. The lowest BCUT2D eigenvalue weighted by Gasteiger charge is -2.06. The largest absolute Gasteiger partial charge is 0.244 e. The maximum atomic E-state index is 4.74. The fourth-order valence-electron chi connectivity index (χ4n) is 2.09. The molecule has 0 saturated carbocycles. The Morgan fingerprint density at radius 1 is 0.765 bits per heavy atom. The lowest BCUT2D eigenvalue weighted by Crippen LogP contribution is -1.92. The molecule has 2 aromatic carbocycles. The van der Waals surface area contributed by atoms with E-state index in [-0.39, 0.29) is 0 Å². The molecule has 0 N–H and O–H groups in total. The number of fused-ring (bicyclic) bond motifs is 2. The van der Waals surface area contributed by atoms with Crippen LogP contribution in [-0.2, 0) is 0 Å². The van der Waals surface area contributed by atoms with Gasteiger partial charge in [0.25, 0.3) is 0 Å². The van der Waals surface area contributed by atoms with Crippen molar-refractivity contribution in [2.24, 2.45) is 0 Å². The molecule has 84 valence electrons. The number of hydrogen-bond acceptors (Lipinski definition) is 2. The maximum Gasteiger partial charge on any atom is 0.0926 e. The summed E-state index contributed by atoms with van der Waals surface area (Å²) in [4.78, 5) is 9.39. The van der Waals surface area contributed by atoms with Crippen LogP contribution in [-0.4, -0.2) is 9.97 Å². The van der Waals surface area contributed by atoms with Crippen LogP contribution in [0.1, 0.15) is 16.7 Å². The second-order valence-electron chi connectivity index (χ2n) is 4.59. The first-order chi connectivity index (χ1) is 8.15. The van der Waals surface area contributed by atoms with E-state index < -0.39 is 0 Å². The van der Waals surface area contributed by atoms with Gasteiger partial charge in [-0.15, -0.1) is 0 Å². The van der Waals surface area contributed by atoms with E-state index in [1.165, 1.54) is 16.7 Å². The van der Waals surface area contributed by atoms with E-state index in [1.807, 2.05) is 12.1 Å². The first-order valence-corrected chi connectivity index (χ1v) is 5.79. The van der Waals surface area contributed by atoms with Crippen LogP contribution in [0.4, 0.5) is 0 Å². The minimum Gasteiger partial charge on any atom is -0.244 e. The van der Waals surface area contributed by atoms with Gasteiger partial charge in [0.1, 0.15) is 0 Å². The summed E-state index contributed by atoms with van der Waals surface area (Å²) in [6.45, 7) is 6.29. The highest BCUT2D eigenvalue weighted by molar-refractivity contribution is 5.88. The second kappa shape index (κ2) is 3.52. The van der Waals surface area contributed by atoms with Crippen molar-refractivity contribution >= 4 is 22.1 Å². The molecule has 0 bridgehead atoms. The molecule has 0 radical (unpaired) electrons. The van der Waals surface area contributed by atoms with Crippen molar-refractivity contribution in [2.75, 3.05) is 0 Å². The van der Waals surface area contributed by atoms with Crippen LogP contribution in [0.3, 0.4) is 0 Å². The summed E-state index contributed by atoms with van der Waals surface area (Å²) < 4.78 is 0. The van der Waals surface area contributed by atoms with Crippen LogP contribution in [0.25, 0.3) is 22.1 Å². The van der Waals surface area contributed by atoms with E-state index in [0.29, 0.717) is 0 Å². The van der Waals surface area contributed by atoms with Gasteiger partial charge in [-0.2, -0.15) is 0 Å². The van der Waals surface area contributed by atoms with E-state index in [1.54, 1.807) is 0 Å². The minimum atomic E-state index is 0.964. The molecular formula is C15H14N2. The standard InChI is InChI=1S/C15H14N2/c1-9-4-6-12-14(8-9)17-15-11(3)10(2)5-7-13(15)16-12/h4-8H,1-3H3. The fraction of sp³-hybridized carbons (Fsp3) is 0.200. The number of aromatic nitrogens is 2. The zero-order valence-electron chi connectivity index (χ0n) is 10.3. The molecule has 2 heteroatoms. The molecule has 0 spiro atoms. The summed E-state index contributed by atoms with van der Waals surface area (Å²) in [6.07, 6.45) is 0. The summed E-state index contributed by atoms with van der Waals surface area (Å²) in [5, 5.41) is 0. The molecule has 0 aliphatic heterocycles. The number of aryl methyl sites for hydroxylation is 3. The Hall–Kier alpha value is -1.96. The fourth-order valence-corrected chi connectivity index (χ4v) is 2.09. The zero-order valence-corrected chi connectivity index (χ0v) is 10.3. The highest BCUT2D eigenvalue weighted by Crippen LogP contribution is 2.21. The number of nitrogens with zero attached hydrogens (tertiary/aromatic N) is 2. The van der Waals surface area contributed by atoms with Crippen LogP contribution in [0.2, 0.25) is 0 Å². The summed E-state index contributed by atoms with van der Waals surface area (Å²) >= 11 is 0. The summed E-state index contributed by atoms with van der Waals surface area (Å²) in [5.74, 6) is 0. The molecule has 0 aliphatic carbocycles. The molecule has 2 nitrogen and oxygen atoms in total. The zero-order chi connectivity index (χ0) is 12.0. The van der Waals surface area contributed by atoms with Crippen LogP contribution >= 0.6 is 0 Å². The molecule has 1 heterocycles. The van der Waals surface area contributed by atoms with Gasteiger partial charge >= 0.3 is 0 Å². The van der Waals surface area contributed by atoms with E-state index in [9.17, 15) is 0 Å². The van der Waals surface area contributed by atoms with Gasteiger partial charge in [0.2, 0.25) is 0 Å². The van der Waals surface area contributed by atoms with Crippen molar-refractivity contribution < 1.29 is 0 Å². The van der Waals surface area contributed by atoms with E-state index in [0.717, 1.165) is 22.1 Å². The molecule has 1 aromatic heterocycles. The quantitative estimate of drug-likeness (QED) is 0.542. The predicted molar refractivity (Wildman–Crippen MR) is 71.3 cm³/mol. The summed E-state index contributed by atoms with van der Waals surface area (Å²) in [7, 11) is 0. The number of benzene rings is 2. The Morgan fingerprint density at radius 2 is 1.53 bits per heavy atom. The normalized spacial score (nSPS) is 11.2. The Balaban J connectivity index is 2.48. The first-order valence-electron chi connectivity index (χ1n) is 5.79. The van der Waals surface area contributed by atoms with Crippen molar-refractivity contribution in [1.29, 1.82) is 0 Å². The third-order valence-electron chi connectivity index (χ3n) is 3.28. The van der Waals surface area contributed by atoms with Crippen LogP contribution in [0.5, 0.6) is 0 Å². The molecule has 0 aliphatic rings. The average molecular weight is 222 g/mol. The molecule has 0 atom stereocenters. The van der Waals surface area contributed by atoms with Crippen LogP contribution in [0, 0.1) is 20.8 Å². The van der Waals surface area contributed by atoms with Crippen LogP contribution in [0.15, 0.2) is 30.3 Å². The highest BCUT2D eigenvalue weighted by atomic mass is 14.8. The second-order valence-corrected chi connectivity index (χ2v) is 4.59. The molecule has 0 unspecified atom stereocenters. The third kappa shape index (κ3) is 1.57. The smallest absolute Gasteiger partial charge is 0.0926 e. The van der Waals surface area contributed by atoms with E-state index in [2.05, 4.69) is 44.0 Å². The Labute approximate surface area is 100 Å². The van der Waals surface area contributed by atoms with Crippen molar-refractivity contribution in [3.05, 3.63) is 47.0 Å². The monoisotopic (exact) mass is 222 g/mol. The molecule has 0 amide bonds. The predicted octanol–water partition coefficient (Wildman–Crippen LogP) is 3.71. The Morgan fingerprint density at radius 3 is 2.35 bits per heavy atom. The van der Waals surface area contributed by atoms with Gasteiger partial charge in [0.15, 0.2) is 0 Å². The lowest BCUT2D eigenvalue weighted by atomic mass is 10.1. The first kappa shape index (κ1) is 10.2. The maximum absolute atomic E-state index is 4.74. The van der Waals surface area contributed by atoms with Crippen LogP contribution < -0.4 is 0 Å². The van der Waals surface area contributed by atoms with Crippen molar-refractivity contribution in [3.8, 4) is 0 Å². The molecular weight excluding hydrogens is 208 g/mol. The Bertz CT molecular complexity index is 730. The van der Waals surface area contributed by atoms with Crippen molar-refractivity contribution in [1.82, 2.24) is 9.97 Å². The van der Waals surface area contributed by atoms with Gasteiger partial charge in [-0.3, -0.25) is 0 Å². The van der Waals surface area contributed by atoms with Gasteiger partial charge in [0, 0.05) is 0 Å². The Kier molecular flexibility index (Phi) is 2.11. The average Bonchev–Trinajstić information content (AvgIpc) is 2.32. The minimum absolute atomic E-state index is 0.964. The van der Waals surface area contributed by atoms with Gasteiger partial charge in [0.05, 0.1) is 22.1 Å². The number of rotatable bonds is 0. The lowest BCUT2D eigenvalue weighted by molar-refractivity contribution is 1.30. The molecule has 0 saturated heterocycles. The summed E-state index contributed by atoms with van der Waals surface area (Å²) in [6, 6.07) is 10.3. The molecule has 3 aromatic rings. The van der Waals surface area contributed by atoms with Gasteiger partial charge < -0.3 is 0 Å². The SMILES string of the molecule is Cc1ccc2nc3ccc(C)c(C)c3nc2c1. The third-order valence-corrected chi connectivity index (χ3v) is 3.28. The molecule has 17 heavy (non-hydrogen) atoms. The van der Waals surface area contributed by atoms with E-state index >= 15 is 0 Å². The molecule has 3 rings (SSSR count). The van der Waals surface area contributed by atoms with Crippen molar-refractivity contribution in [3.63, 3.8) is 0 Å². The van der Waals surface area contributed by atoms with Gasteiger partial charge in [-0.25, -0.2) is 9.97 Å². The number of hydrogen-bond donors (Lipinski definition) is 0. The topological polar surface area (TPSA) is 25.8 Å². The summed E-state index contributed by atoms with van der Waals surface area (Å²) in [5.41, 5.74) is 7.64. The molecule has 0 fully saturated rings. The van der Waals surface area contributed by atoms with Gasteiger partial charge in [-0.1, -0.05) is 12.1 Å². The van der Waals surface area contributed by atoms with Gasteiger partial charge in [-0.05, 0) is 55.7 Å². The van der Waals surface area contributed by atoms with E-state index in [4.69, 9.17) is 4.98 Å².